The van der Waals surface area contributed by atoms with E-state index in [4.69, 9.17) is 4.74 Å². The number of hydrogen-bond donors (Lipinski definition) is 0. The van der Waals surface area contributed by atoms with E-state index in [2.05, 4.69) is 44.4 Å². The van der Waals surface area contributed by atoms with E-state index < -0.39 is 0 Å². The molecule has 0 amide bonds. The number of ether oxygens (including phenoxy) is 1. The Bertz CT molecular complexity index is 422. The fraction of sp³-hybridized carbons (Fsp3) is 1.00. The minimum atomic E-state index is 0.00767. The standard InChI is InChI=1S/C23H44N2O/c1-19(2)25-14-8-21(9-15-25)16-20-6-12-24(13-7-20)17-23(10-11-23)18-26-22(3,4)5/h19-21H,6-18H2,1-5H3. The quantitative estimate of drug-likeness (QED) is 0.645. The van der Waals surface area contributed by atoms with Crippen LogP contribution in [0.1, 0.15) is 79.6 Å². The lowest BCUT2D eigenvalue weighted by Gasteiger charge is -2.39. The summed E-state index contributed by atoms with van der Waals surface area (Å²) in [7, 11) is 0. The molecule has 0 bridgehead atoms. The van der Waals surface area contributed by atoms with E-state index in [0.717, 1.165) is 24.5 Å². The van der Waals surface area contributed by atoms with Crippen LogP contribution in [0.15, 0.2) is 0 Å². The van der Waals surface area contributed by atoms with Gasteiger partial charge in [-0.15, -0.1) is 0 Å². The van der Waals surface area contributed by atoms with Crippen LogP contribution in [0.2, 0.25) is 0 Å². The molecule has 152 valence electrons. The van der Waals surface area contributed by atoms with Crippen LogP contribution < -0.4 is 0 Å². The summed E-state index contributed by atoms with van der Waals surface area (Å²) in [5.74, 6) is 1.99. The van der Waals surface area contributed by atoms with Gasteiger partial charge in [-0.1, -0.05) is 0 Å². The molecule has 0 aromatic carbocycles. The van der Waals surface area contributed by atoms with Crippen LogP contribution in [-0.4, -0.2) is 60.8 Å². The molecule has 3 nitrogen and oxygen atoms in total. The molecular weight excluding hydrogens is 320 g/mol. The fourth-order valence-corrected chi connectivity index (χ4v) is 4.93. The van der Waals surface area contributed by atoms with E-state index in [-0.39, 0.29) is 5.60 Å². The van der Waals surface area contributed by atoms with Gasteiger partial charge in [-0.2, -0.15) is 0 Å². The molecule has 2 saturated heterocycles. The van der Waals surface area contributed by atoms with Gasteiger partial charge in [0.1, 0.15) is 0 Å². The minimum absolute atomic E-state index is 0.00767. The zero-order chi connectivity index (χ0) is 18.8. The van der Waals surface area contributed by atoms with E-state index in [9.17, 15) is 0 Å². The molecule has 26 heavy (non-hydrogen) atoms. The summed E-state index contributed by atoms with van der Waals surface area (Å²) in [6.45, 7) is 18.8. The lowest BCUT2D eigenvalue weighted by atomic mass is 9.82. The van der Waals surface area contributed by atoms with Crippen LogP contribution in [0.3, 0.4) is 0 Å². The molecule has 1 aliphatic carbocycles. The Morgan fingerprint density at radius 3 is 1.92 bits per heavy atom. The predicted octanol–water partition coefficient (Wildman–Crippen LogP) is 4.80. The van der Waals surface area contributed by atoms with E-state index in [1.54, 1.807) is 0 Å². The Hall–Kier alpha value is -0.120. The highest BCUT2D eigenvalue weighted by Crippen LogP contribution is 2.47. The van der Waals surface area contributed by atoms with Crippen molar-refractivity contribution >= 4 is 0 Å². The molecular formula is C23H44N2O. The first-order valence-corrected chi connectivity index (χ1v) is 11.4. The zero-order valence-corrected chi connectivity index (χ0v) is 18.2. The van der Waals surface area contributed by atoms with Gasteiger partial charge in [-0.05, 0) is 118 Å². The smallest absolute Gasteiger partial charge is 0.0598 e. The first-order valence-electron chi connectivity index (χ1n) is 11.4. The van der Waals surface area contributed by atoms with Crippen molar-refractivity contribution in [1.29, 1.82) is 0 Å². The molecule has 1 saturated carbocycles. The fourth-order valence-electron chi connectivity index (χ4n) is 4.93. The number of likely N-dealkylation sites (tertiary alicyclic amines) is 2. The van der Waals surface area contributed by atoms with Gasteiger partial charge >= 0.3 is 0 Å². The van der Waals surface area contributed by atoms with Crippen LogP contribution in [0.25, 0.3) is 0 Å². The van der Waals surface area contributed by atoms with Crippen molar-refractivity contribution in [2.45, 2.75) is 91.2 Å². The largest absolute Gasteiger partial charge is 0.375 e. The van der Waals surface area contributed by atoms with Crippen LogP contribution in [0.5, 0.6) is 0 Å². The third-order valence-corrected chi connectivity index (χ3v) is 7.08. The molecule has 0 spiro atoms. The molecule has 3 fully saturated rings. The van der Waals surface area contributed by atoms with Crippen molar-refractivity contribution in [3.05, 3.63) is 0 Å². The molecule has 2 heterocycles. The summed E-state index contributed by atoms with van der Waals surface area (Å²) in [6.07, 6.45) is 9.98. The maximum absolute atomic E-state index is 6.11. The summed E-state index contributed by atoms with van der Waals surface area (Å²) >= 11 is 0. The van der Waals surface area contributed by atoms with Crippen LogP contribution in [0.4, 0.5) is 0 Å². The van der Waals surface area contributed by atoms with Gasteiger partial charge in [0.2, 0.25) is 0 Å². The molecule has 0 N–H and O–H groups in total. The molecule has 0 aromatic heterocycles. The third kappa shape index (κ3) is 6.21. The van der Waals surface area contributed by atoms with Crippen LogP contribution in [-0.2, 0) is 4.74 Å². The van der Waals surface area contributed by atoms with Crippen LogP contribution in [0, 0.1) is 17.3 Å². The monoisotopic (exact) mass is 364 g/mol. The molecule has 3 rings (SSSR count). The van der Waals surface area contributed by atoms with Gasteiger partial charge in [-0.3, -0.25) is 0 Å². The molecule has 3 heteroatoms. The predicted molar refractivity (Wildman–Crippen MR) is 111 cm³/mol. The second kappa shape index (κ2) is 8.49. The summed E-state index contributed by atoms with van der Waals surface area (Å²) in [4.78, 5) is 5.41. The Morgan fingerprint density at radius 2 is 1.46 bits per heavy atom. The SMILES string of the molecule is CC(C)N1CCC(CC2CCN(CC3(COC(C)(C)C)CC3)CC2)CC1. The maximum Gasteiger partial charge on any atom is 0.0598 e. The second-order valence-corrected chi connectivity index (χ2v) is 10.9. The van der Waals surface area contributed by atoms with E-state index in [0.29, 0.717) is 5.41 Å². The minimum Gasteiger partial charge on any atom is -0.375 e. The zero-order valence-electron chi connectivity index (χ0n) is 18.2. The number of hydrogen-bond acceptors (Lipinski definition) is 3. The van der Waals surface area contributed by atoms with Gasteiger partial charge in [0.15, 0.2) is 0 Å². The van der Waals surface area contributed by atoms with E-state index >= 15 is 0 Å². The molecule has 2 aliphatic heterocycles. The summed E-state index contributed by atoms with van der Waals surface area (Å²) < 4.78 is 6.11. The lowest BCUT2D eigenvalue weighted by Crippen LogP contribution is -2.41. The molecule has 0 radical (unpaired) electrons. The Morgan fingerprint density at radius 1 is 0.923 bits per heavy atom. The number of nitrogens with zero attached hydrogens (tertiary/aromatic N) is 2. The number of rotatable bonds is 7. The Kier molecular flexibility index (Phi) is 6.73. The molecule has 0 atom stereocenters. The van der Waals surface area contributed by atoms with E-state index in [1.807, 2.05) is 0 Å². The van der Waals surface area contributed by atoms with Crippen molar-refractivity contribution in [2.24, 2.45) is 17.3 Å². The summed E-state index contributed by atoms with van der Waals surface area (Å²) in [6, 6.07) is 0.733. The summed E-state index contributed by atoms with van der Waals surface area (Å²) in [5, 5.41) is 0. The van der Waals surface area contributed by atoms with Crippen molar-refractivity contribution < 1.29 is 4.74 Å². The van der Waals surface area contributed by atoms with E-state index in [1.165, 1.54) is 77.7 Å². The first-order chi connectivity index (χ1) is 12.2. The average Bonchev–Trinajstić information content (AvgIpc) is 3.35. The third-order valence-electron chi connectivity index (χ3n) is 7.08. The topological polar surface area (TPSA) is 15.7 Å². The average molecular weight is 365 g/mol. The lowest BCUT2D eigenvalue weighted by molar-refractivity contribution is -0.0357. The van der Waals surface area contributed by atoms with Gasteiger partial charge in [-0.25, -0.2) is 0 Å². The normalized spacial score (nSPS) is 26.5. The Labute approximate surface area is 162 Å². The molecule has 0 aromatic rings. The van der Waals surface area contributed by atoms with Gasteiger partial charge in [0, 0.05) is 18.0 Å². The molecule has 3 aliphatic rings. The maximum atomic E-state index is 6.11. The van der Waals surface area contributed by atoms with Gasteiger partial charge < -0.3 is 14.5 Å². The van der Waals surface area contributed by atoms with Gasteiger partial charge in [0.05, 0.1) is 12.2 Å². The highest BCUT2D eigenvalue weighted by atomic mass is 16.5. The highest BCUT2D eigenvalue weighted by Gasteiger charge is 2.45. The number of piperidine rings is 2. The van der Waals surface area contributed by atoms with Crippen LogP contribution >= 0.6 is 0 Å². The van der Waals surface area contributed by atoms with Gasteiger partial charge in [0.25, 0.3) is 0 Å². The van der Waals surface area contributed by atoms with Crippen molar-refractivity contribution in [2.75, 3.05) is 39.3 Å². The summed E-state index contributed by atoms with van der Waals surface area (Å²) in [5.41, 5.74) is 0.498. The highest BCUT2D eigenvalue weighted by molar-refractivity contribution is 4.96. The first kappa shape index (κ1) is 20.6. The Balaban J connectivity index is 1.33. The van der Waals surface area contributed by atoms with Crippen molar-refractivity contribution in [3.63, 3.8) is 0 Å². The van der Waals surface area contributed by atoms with Crippen molar-refractivity contribution in [1.82, 2.24) is 9.80 Å². The second-order valence-electron chi connectivity index (χ2n) is 10.9. The van der Waals surface area contributed by atoms with Crippen molar-refractivity contribution in [3.8, 4) is 0 Å². The molecule has 0 unspecified atom stereocenters.